The summed E-state index contributed by atoms with van der Waals surface area (Å²) in [6.07, 6.45) is 4.81. The largest absolute Gasteiger partial charge is 0.483 e. The number of sulfone groups is 1. The zero-order chi connectivity index (χ0) is 21.7. The number of hydrogen-bond acceptors (Lipinski definition) is 6. The summed E-state index contributed by atoms with van der Waals surface area (Å²) in [4.78, 5) is 24.4. The van der Waals surface area contributed by atoms with Crippen molar-refractivity contribution in [1.82, 2.24) is 9.80 Å². The predicted molar refractivity (Wildman–Crippen MR) is 112 cm³/mol. The van der Waals surface area contributed by atoms with E-state index in [0.29, 0.717) is 32.5 Å². The van der Waals surface area contributed by atoms with Gasteiger partial charge < -0.3 is 20.0 Å². The van der Waals surface area contributed by atoms with Crippen LogP contribution in [0.5, 0.6) is 0 Å². The number of rotatable bonds is 9. The molecule has 1 fully saturated rings. The van der Waals surface area contributed by atoms with E-state index in [0.717, 1.165) is 5.56 Å². The van der Waals surface area contributed by atoms with Crippen molar-refractivity contribution >= 4 is 28.3 Å². The zero-order valence-corrected chi connectivity index (χ0v) is 17.5. The van der Waals surface area contributed by atoms with E-state index in [4.69, 9.17) is 9.90 Å². The second-order valence-electron chi connectivity index (χ2n) is 6.77. The third kappa shape index (κ3) is 9.69. The summed E-state index contributed by atoms with van der Waals surface area (Å²) in [5.74, 6) is 0.374. The molecule has 29 heavy (non-hydrogen) atoms. The molecule has 0 bridgehead atoms. The lowest BCUT2D eigenvalue weighted by Gasteiger charge is -2.25. The van der Waals surface area contributed by atoms with Crippen molar-refractivity contribution < 1.29 is 28.2 Å². The Labute approximate surface area is 172 Å². The summed E-state index contributed by atoms with van der Waals surface area (Å²) in [6.45, 7) is 0.917. The summed E-state index contributed by atoms with van der Waals surface area (Å²) < 4.78 is 23.1. The van der Waals surface area contributed by atoms with Crippen LogP contribution in [0.4, 0.5) is 0 Å². The number of aliphatic hydroxyl groups excluding tert-OH is 1. The van der Waals surface area contributed by atoms with Crippen molar-refractivity contribution in [2.75, 3.05) is 44.8 Å². The lowest BCUT2D eigenvalue weighted by atomic mass is 10.2. The van der Waals surface area contributed by atoms with Crippen molar-refractivity contribution in [3.05, 3.63) is 42.0 Å². The molecule has 1 heterocycles. The van der Waals surface area contributed by atoms with Gasteiger partial charge in [-0.1, -0.05) is 42.5 Å². The molecule has 1 aliphatic rings. The lowest BCUT2D eigenvalue weighted by Crippen LogP contribution is -2.38. The van der Waals surface area contributed by atoms with Crippen LogP contribution in [-0.4, -0.2) is 91.6 Å². The number of aliphatic hydroxyl groups is 1. The van der Waals surface area contributed by atoms with Gasteiger partial charge in [0.05, 0.1) is 18.1 Å². The molecule has 8 nitrogen and oxygen atoms in total. The second-order valence-corrected chi connectivity index (χ2v) is 9.00. The molecule has 1 saturated heterocycles. The standard InChI is InChI=1S/C19H28N2O4S.CH2O2/c1-20(18-10-15-26(24,25)16-18)12-9-19(23)21(13-14-22)11-5-8-17-6-3-2-4-7-17;2-1-3/h2-8,18,22H,9-16H2,1H3;1H,(H,2,3)/b8-5+;. The predicted octanol–water partition coefficient (Wildman–Crippen LogP) is 0.731. The van der Waals surface area contributed by atoms with Crippen molar-refractivity contribution in [3.63, 3.8) is 0 Å². The fourth-order valence-electron chi connectivity index (χ4n) is 3.05. The Hall–Kier alpha value is -2.23. The van der Waals surface area contributed by atoms with Gasteiger partial charge in [-0.3, -0.25) is 9.59 Å². The number of amides is 1. The van der Waals surface area contributed by atoms with Crippen LogP contribution in [0, 0.1) is 0 Å². The van der Waals surface area contributed by atoms with Crippen LogP contribution in [0.1, 0.15) is 18.4 Å². The Morgan fingerprint density at radius 1 is 1.24 bits per heavy atom. The summed E-state index contributed by atoms with van der Waals surface area (Å²) in [6, 6.07) is 9.83. The smallest absolute Gasteiger partial charge is 0.290 e. The highest BCUT2D eigenvalue weighted by Gasteiger charge is 2.30. The molecule has 1 unspecified atom stereocenters. The maximum absolute atomic E-state index is 12.5. The first-order valence-electron chi connectivity index (χ1n) is 9.41. The van der Waals surface area contributed by atoms with Gasteiger partial charge in [0.2, 0.25) is 5.91 Å². The molecule has 1 amide bonds. The van der Waals surface area contributed by atoms with E-state index < -0.39 is 9.84 Å². The van der Waals surface area contributed by atoms with Gasteiger partial charge in [0.1, 0.15) is 0 Å². The first-order valence-corrected chi connectivity index (χ1v) is 11.2. The third-order valence-electron chi connectivity index (χ3n) is 4.67. The Balaban J connectivity index is 0.00000132. The van der Waals surface area contributed by atoms with Gasteiger partial charge in [-0.25, -0.2) is 8.42 Å². The van der Waals surface area contributed by atoms with E-state index in [1.807, 2.05) is 54.4 Å². The van der Waals surface area contributed by atoms with Crippen molar-refractivity contribution in [2.24, 2.45) is 0 Å². The first kappa shape index (κ1) is 24.8. The highest BCUT2D eigenvalue weighted by Crippen LogP contribution is 2.16. The zero-order valence-electron chi connectivity index (χ0n) is 16.7. The van der Waals surface area contributed by atoms with Gasteiger partial charge in [0.25, 0.3) is 6.47 Å². The summed E-state index contributed by atoms with van der Waals surface area (Å²) in [5.41, 5.74) is 1.06. The van der Waals surface area contributed by atoms with Gasteiger partial charge in [0.15, 0.2) is 9.84 Å². The topological polar surface area (TPSA) is 115 Å². The molecule has 0 saturated carbocycles. The van der Waals surface area contributed by atoms with Crippen molar-refractivity contribution in [2.45, 2.75) is 18.9 Å². The number of carbonyl (C=O) groups is 2. The molecule has 1 aromatic rings. The quantitative estimate of drug-likeness (QED) is 0.559. The van der Waals surface area contributed by atoms with Crippen LogP contribution in [0.15, 0.2) is 36.4 Å². The van der Waals surface area contributed by atoms with E-state index in [1.165, 1.54) is 0 Å². The van der Waals surface area contributed by atoms with Crippen LogP contribution >= 0.6 is 0 Å². The summed E-state index contributed by atoms with van der Waals surface area (Å²) >= 11 is 0. The number of hydrogen-bond donors (Lipinski definition) is 2. The number of carbonyl (C=O) groups excluding carboxylic acids is 1. The summed E-state index contributed by atoms with van der Waals surface area (Å²) in [7, 11) is -1.06. The van der Waals surface area contributed by atoms with E-state index in [2.05, 4.69) is 0 Å². The molecular weight excluding hydrogens is 396 g/mol. The van der Waals surface area contributed by atoms with Crippen molar-refractivity contribution in [1.29, 1.82) is 0 Å². The Morgan fingerprint density at radius 2 is 1.90 bits per heavy atom. The van der Waals surface area contributed by atoms with Gasteiger partial charge in [-0.05, 0) is 19.0 Å². The maximum Gasteiger partial charge on any atom is 0.290 e. The molecule has 0 aromatic heterocycles. The molecule has 1 atom stereocenters. The van der Waals surface area contributed by atoms with E-state index in [1.54, 1.807) is 4.90 Å². The lowest BCUT2D eigenvalue weighted by molar-refractivity contribution is -0.131. The monoisotopic (exact) mass is 426 g/mol. The molecule has 0 spiro atoms. The highest BCUT2D eigenvalue weighted by atomic mass is 32.2. The van der Waals surface area contributed by atoms with Crippen molar-refractivity contribution in [3.8, 4) is 0 Å². The van der Waals surface area contributed by atoms with Crippen LogP contribution in [0.2, 0.25) is 0 Å². The second kappa shape index (κ2) is 13.1. The fraction of sp³-hybridized carbons (Fsp3) is 0.500. The van der Waals surface area contributed by atoms with E-state index in [9.17, 15) is 18.3 Å². The van der Waals surface area contributed by atoms with Gasteiger partial charge in [0, 0.05) is 32.1 Å². The van der Waals surface area contributed by atoms with Crippen LogP contribution < -0.4 is 0 Å². The minimum absolute atomic E-state index is 0.00271. The number of carboxylic acid groups (broad SMARTS) is 1. The SMILES string of the molecule is CN(CCC(=O)N(C/C=C/c1ccccc1)CCO)C1CCS(=O)(=O)C1.O=CO. The molecule has 0 aliphatic carbocycles. The first-order chi connectivity index (χ1) is 13.8. The number of nitrogens with zero attached hydrogens (tertiary/aromatic N) is 2. The maximum atomic E-state index is 12.5. The molecule has 2 rings (SSSR count). The molecule has 9 heteroatoms. The van der Waals surface area contributed by atoms with Crippen LogP contribution in [0.3, 0.4) is 0 Å². The van der Waals surface area contributed by atoms with E-state index in [-0.39, 0.29) is 36.5 Å². The Kier molecular flexibility index (Phi) is 11.2. The van der Waals surface area contributed by atoms with Crippen LogP contribution in [0.25, 0.3) is 6.08 Å². The minimum atomic E-state index is -2.92. The van der Waals surface area contributed by atoms with Crippen LogP contribution in [-0.2, 0) is 19.4 Å². The molecule has 2 N–H and O–H groups in total. The fourth-order valence-corrected chi connectivity index (χ4v) is 4.86. The average molecular weight is 427 g/mol. The van der Waals surface area contributed by atoms with Gasteiger partial charge >= 0.3 is 0 Å². The molecule has 162 valence electrons. The Morgan fingerprint density at radius 3 is 2.45 bits per heavy atom. The average Bonchev–Trinajstić information content (AvgIpc) is 3.06. The molecule has 1 aromatic carbocycles. The molecule has 0 radical (unpaired) electrons. The molecule has 1 aliphatic heterocycles. The number of benzene rings is 1. The third-order valence-corrected chi connectivity index (χ3v) is 6.42. The van der Waals surface area contributed by atoms with Gasteiger partial charge in [-0.15, -0.1) is 0 Å². The normalized spacial score (nSPS) is 17.7. The van der Waals surface area contributed by atoms with Gasteiger partial charge in [-0.2, -0.15) is 0 Å². The van der Waals surface area contributed by atoms with E-state index >= 15 is 0 Å². The Bertz CT molecular complexity index is 751. The highest BCUT2D eigenvalue weighted by molar-refractivity contribution is 7.91. The summed E-state index contributed by atoms with van der Waals surface area (Å²) in [5, 5.41) is 16.1. The minimum Gasteiger partial charge on any atom is -0.483 e. The molecular formula is C20H30N2O6S.